The molecule has 0 atom stereocenters. The van der Waals surface area contributed by atoms with Crippen molar-refractivity contribution in [3.8, 4) is 11.6 Å². The number of aromatic nitrogens is 2. The van der Waals surface area contributed by atoms with E-state index in [1.165, 1.54) is 18.5 Å². The number of aromatic amines is 1. The van der Waals surface area contributed by atoms with Gasteiger partial charge in [-0.05, 0) is 34.1 Å². The lowest BCUT2D eigenvalue weighted by Crippen LogP contribution is -2.09. The molecule has 6 nitrogen and oxygen atoms in total. The second kappa shape index (κ2) is 5.54. The van der Waals surface area contributed by atoms with Gasteiger partial charge in [0, 0.05) is 4.47 Å². The molecule has 0 aliphatic carbocycles. The average Bonchev–Trinajstić information content (AvgIpc) is 2.35. The van der Waals surface area contributed by atoms with Crippen molar-refractivity contribution in [1.29, 1.82) is 0 Å². The Kier molecular flexibility index (Phi) is 4.01. The summed E-state index contributed by atoms with van der Waals surface area (Å²) in [5, 5.41) is 9.06. The average molecular weight is 390 g/mol. The summed E-state index contributed by atoms with van der Waals surface area (Å²) in [6, 6.07) is 4.46. The van der Waals surface area contributed by atoms with E-state index in [-0.39, 0.29) is 21.7 Å². The lowest BCUT2D eigenvalue weighted by atomic mass is 10.2. The van der Waals surface area contributed by atoms with Gasteiger partial charge in [0.1, 0.15) is 15.8 Å². The number of carboxylic acid groups (broad SMARTS) is 1. The Morgan fingerprint density at radius 3 is 2.79 bits per heavy atom. The molecule has 1 aromatic heterocycles. The third-order valence-corrected chi connectivity index (χ3v) is 3.34. The minimum Gasteiger partial charge on any atom is -0.478 e. The molecule has 0 aliphatic rings. The third-order valence-electron chi connectivity index (χ3n) is 2.15. The van der Waals surface area contributed by atoms with Gasteiger partial charge in [-0.25, -0.2) is 9.78 Å². The molecule has 1 heterocycles. The maximum atomic E-state index is 11.4. The highest BCUT2D eigenvalue weighted by atomic mass is 79.9. The number of H-pyrrole nitrogens is 1. The topological polar surface area (TPSA) is 92.3 Å². The minimum atomic E-state index is -1.14. The summed E-state index contributed by atoms with van der Waals surface area (Å²) >= 11 is 6.25. The Labute approximate surface area is 123 Å². The van der Waals surface area contributed by atoms with E-state index in [1.54, 1.807) is 6.07 Å². The molecule has 0 bridgehead atoms. The van der Waals surface area contributed by atoms with Crippen molar-refractivity contribution in [3.05, 3.63) is 49.4 Å². The standard InChI is InChI=1S/C11H6Br2N2O4/c12-5-1-2-6(11(17)18)7(3-5)19-10-8(13)9(16)14-4-15-10/h1-4H,(H,17,18)(H,14,15,16). The fourth-order valence-electron chi connectivity index (χ4n) is 1.30. The van der Waals surface area contributed by atoms with Crippen molar-refractivity contribution in [2.75, 3.05) is 0 Å². The number of nitrogens with one attached hydrogen (secondary N) is 1. The first-order valence-corrected chi connectivity index (χ1v) is 6.51. The highest BCUT2D eigenvalue weighted by molar-refractivity contribution is 9.10. The quantitative estimate of drug-likeness (QED) is 0.841. The van der Waals surface area contributed by atoms with Crippen LogP contribution in [-0.2, 0) is 0 Å². The Bertz CT molecular complexity index is 699. The predicted octanol–water partition coefficient (Wildman–Crippen LogP) is 2.79. The van der Waals surface area contributed by atoms with Crippen molar-refractivity contribution >= 4 is 37.8 Å². The lowest BCUT2D eigenvalue weighted by molar-refractivity contribution is 0.0694. The molecular weight excluding hydrogens is 384 g/mol. The Balaban J connectivity index is 2.48. The van der Waals surface area contributed by atoms with Crippen LogP contribution in [0, 0.1) is 0 Å². The van der Waals surface area contributed by atoms with Crippen molar-refractivity contribution in [1.82, 2.24) is 9.97 Å². The summed E-state index contributed by atoms with van der Waals surface area (Å²) in [4.78, 5) is 28.6. The molecule has 2 rings (SSSR count). The molecule has 0 radical (unpaired) electrons. The fourth-order valence-corrected chi connectivity index (χ4v) is 1.94. The molecule has 0 amide bonds. The summed E-state index contributed by atoms with van der Waals surface area (Å²) in [5.74, 6) is -1.06. The summed E-state index contributed by atoms with van der Waals surface area (Å²) in [6.07, 6.45) is 1.17. The van der Waals surface area contributed by atoms with E-state index >= 15 is 0 Å². The lowest BCUT2D eigenvalue weighted by Gasteiger charge is -2.08. The number of benzene rings is 1. The monoisotopic (exact) mass is 388 g/mol. The summed E-state index contributed by atoms with van der Waals surface area (Å²) in [7, 11) is 0. The zero-order chi connectivity index (χ0) is 14.0. The first-order valence-electron chi connectivity index (χ1n) is 4.93. The highest BCUT2D eigenvalue weighted by Crippen LogP contribution is 2.29. The Hall–Kier alpha value is -1.67. The van der Waals surface area contributed by atoms with Gasteiger partial charge < -0.3 is 14.8 Å². The zero-order valence-corrected chi connectivity index (χ0v) is 12.4. The van der Waals surface area contributed by atoms with Gasteiger partial charge in [0.2, 0.25) is 5.88 Å². The number of rotatable bonds is 3. The van der Waals surface area contributed by atoms with E-state index in [9.17, 15) is 9.59 Å². The minimum absolute atomic E-state index is 0.00986. The van der Waals surface area contributed by atoms with Crippen LogP contribution in [-0.4, -0.2) is 21.0 Å². The number of halogens is 2. The molecule has 19 heavy (non-hydrogen) atoms. The Morgan fingerprint density at radius 2 is 2.11 bits per heavy atom. The Morgan fingerprint density at radius 1 is 1.37 bits per heavy atom. The summed E-state index contributed by atoms with van der Waals surface area (Å²) < 4.78 is 6.11. The van der Waals surface area contributed by atoms with E-state index in [2.05, 4.69) is 41.8 Å². The maximum Gasteiger partial charge on any atom is 0.339 e. The number of ether oxygens (including phenoxy) is 1. The van der Waals surface area contributed by atoms with E-state index in [1.807, 2.05) is 0 Å². The third kappa shape index (κ3) is 3.02. The number of carboxylic acids is 1. The molecule has 2 N–H and O–H groups in total. The zero-order valence-electron chi connectivity index (χ0n) is 9.18. The molecule has 0 spiro atoms. The second-order valence-corrected chi connectivity index (χ2v) is 5.11. The van der Waals surface area contributed by atoms with Crippen molar-refractivity contribution in [3.63, 3.8) is 0 Å². The molecule has 0 aliphatic heterocycles. The van der Waals surface area contributed by atoms with Crippen molar-refractivity contribution < 1.29 is 14.6 Å². The van der Waals surface area contributed by atoms with Crippen LogP contribution in [0.5, 0.6) is 11.6 Å². The van der Waals surface area contributed by atoms with Crippen molar-refractivity contribution in [2.45, 2.75) is 0 Å². The smallest absolute Gasteiger partial charge is 0.339 e. The number of hydrogen-bond acceptors (Lipinski definition) is 4. The van der Waals surface area contributed by atoms with Crippen LogP contribution in [0.4, 0.5) is 0 Å². The van der Waals surface area contributed by atoms with E-state index in [4.69, 9.17) is 9.84 Å². The molecular formula is C11H6Br2N2O4. The van der Waals surface area contributed by atoms with Gasteiger partial charge in [-0.1, -0.05) is 15.9 Å². The normalized spacial score (nSPS) is 10.2. The van der Waals surface area contributed by atoms with Gasteiger partial charge >= 0.3 is 5.97 Å². The largest absolute Gasteiger partial charge is 0.478 e. The van der Waals surface area contributed by atoms with Crippen LogP contribution < -0.4 is 10.3 Å². The molecule has 1 aromatic carbocycles. The molecule has 0 unspecified atom stereocenters. The van der Waals surface area contributed by atoms with Gasteiger partial charge in [-0.15, -0.1) is 0 Å². The van der Waals surface area contributed by atoms with E-state index in [0.717, 1.165) is 0 Å². The molecule has 0 saturated heterocycles. The van der Waals surface area contributed by atoms with E-state index in [0.29, 0.717) is 4.47 Å². The molecule has 0 saturated carbocycles. The van der Waals surface area contributed by atoms with Crippen molar-refractivity contribution in [2.24, 2.45) is 0 Å². The predicted molar refractivity (Wildman–Crippen MR) is 73.7 cm³/mol. The molecule has 2 aromatic rings. The van der Waals surface area contributed by atoms with Gasteiger partial charge in [0.05, 0.1) is 6.33 Å². The maximum absolute atomic E-state index is 11.4. The van der Waals surface area contributed by atoms with Crippen LogP contribution in [0.1, 0.15) is 10.4 Å². The van der Waals surface area contributed by atoms with Crippen LogP contribution >= 0.6 is 31.9 Å². The van der Waals surface area contributed by atoms with Gasteiger partial charge in [-0.2, -0.15) is 0 Å². The summed E-state index contributed by atoms with van der Waals surface area (Å²) in [6.45, 7) is 0. The summed E-state index contributed by atoms with van der Waals surface area (Å²) in [5.41, 5.74) is -0.450. The molecule has 98 valence electrons. The second-order valence-electron chi connectivity index (χ2n) is 3.40. The first-order chi connectivity index (χ1) is 8.99. The molecule has 8 heteroatoms. The van der Waals surface area contributed by atoms with Gasteiger partial charge in [0.15, 0.2) is 0 Å². The number of nitrogens with zero attached hydrogens (tertiary/aromatic N) is 1. The van der Waals surface area contributed by atoms with Crippen LogP contribution in [0.15, 0.2) is 38.3 Å². The van der Waals surface area contributed by atoms with Gasteiger partial charge in [-0.3, -0.25) is 4.79 Å². The van der Waals surface area contributed by atoms with Crippen LogP contribution in [0.2, 0.25) is 0 Å². The number of carbonyl (C=O) groups is 1. The molecule has 0 fully saturated rings. The van der Waals surface area contributed by atoms with E-state index < -0.39 is 11.5 Å². The van der Waals surface area contributed by atoms with Crippen LogP contribution in [0.25, 0.3) is 0 Å². The number of aromatic carboxylic acids is 1. The fraction of sp³-hybridized carbons (Fsp3) is 0. The SMILES string of the molecule is O=C(O)c1ccc(Br)cc1Oc1nc[nH]c(=O)c1Br. The number of hydrogen-bond donors (Lipinski definition) is 2. The first kappa shape index (κ1) is 13.8. The van der Waals surface area contributed by atoms with Crippen LogP contribution in [0.3, 0.4) is 0 Å². The van der Waals surface area contributed by atoms with Gasteiger partial charge in [0.25, 0.3) is 5.56 Å². The highest BCUT2D eigenvalue weighted by Gasteiger charge is 2.15.